The monoisotopic (exact) mass is 270 g/mol. The van der Waals surface area contributed by atoms with Crippen molar-refractivity contribution in [2.24, 2.45) is 0 Å². The molecule has 2 rings (SSSR count). The molecular weight excluding hydrogens is 252 g/mol. The van der Waals surface area contributed by atoms with Crippen LogP contribution in [0.25, 0.3) is 6.08 Å². The second-order valence-corrected chi connectivity index (χ2v) is 4.35. The number of allylic oxidation sites excluding steroid dienone is 1. The van der Waals surface area contributed by atoms with Gasteiger partial charge >= 0.3 is 0 Å². The Morgan fingerprint density at radius 1 is 1.00 bits per heavy atom. The summed E-state index contributed by atoms with van der Waals surface area (Å²) in [5.74, 6) is 1.19. The van der Waals surface area contributed by atoms with E-state index in [1.54, 1.807) is 19.2 Å². The average molecular weight is 270 g/mol. The van der Waals surface area contributed by atoms with Crippen molar-refractivity contribution in [2.75, 3.05) is 14.2 Å². The predicted octanol–water partition coefficient (Wildman–Crippen LogP) is 3.67. The quantitative estimate of drug-likeness (QED) is 0.901. The van der Waals surface area contributed by atoms with E-state index in [-0.39, 0.29) is 5.75 Å². The average Bonchev–Trinajstić information content (AvgIpc) is 2.49. The lowest BCUT2D eigenvalue weighted by atomic mass is 10.1. The minimum Gasteiger partial charge on any atom is -0.504 e. The molecule has 0 radical (unpaired) electrons. The van der Waals surface area contributed by atoms with Crippen molar-refractivity contribution < 1.29 is 14.6 Å². The number of hydrogen-bond donors (Lipinski definition) is 1. The number of hydrogen-bond acceptors (Lipinski definition) is 3. The molecule has 0 bridgehead atoms. The maximum absolute atomic E-state index is 9.73. The van der Waals surface area contributed by atoms with E-state index >= 15 is 0 Å². The molecule has 0 amide bonds. The number of methoxy groups -OCH3 is 2. The largest absolute Gasteiger partial charge is 0.504 e. The van der Waals surface area contributed by atoms with Crippen LogP contribution in [0.3, 0.4) is 0 Å². The first-order chi connectivity index (χ1) is 9.74. The molecule has 0 fully saturated rings. The smallest absolute Gasteiger partial charge is 0.161 e. The third-order valence-electron chi connectivity index (χ3n) is 3.03. The van der Waals surface area contributed by atoms with Crippen molar-refractivity contribution in [3.8, 4) is 17.2 Å². The van der Waals surface area contributed by atoms with Gasteiger partial charge in [0, 0.05) is 11.6 Å². The van der Waals surface area contributed by atoms with Crippen molar-refractivity contribution >= 4 is 6.08 Å². The molecule has 0 aliphatic rings. The van der Waals surface area contributed by atoms with Gasteiger partial charge in [0.2, 0.25) is 0 Å². The molecule has 0 heterocycles. The molecule has 20 heavy (non-hydrogen) atoms. The highest BCUT2D eigenvalue weighted by atomic mass is 16.5. The molecule has 0 aliphatic heterocycles. The van der Waals surface area contributed by atoms with E-state index in [1.165, 1.54) is 7.11 Å². The Morgan fingerprint density at radius 3 is 2.35 bits per heavy atom. The first kappa shape index (κ1) is 14.0. The van der Waals surface area contributed by atoms with Crippen LogP contribution in [-0.4, -0.2) is 19.3 Å². The SMILES string of the molecule is COc1cc(CC=Cc2ccccc2)c(OC)cc1O. The molecule has 3 heteroatoms. The lowest BCUT2D eigenvalue weighted by Gasteiger charge is -2.10. The molecular formula is C17H18O3. The topological polar surface area (TPSA) is 38.7 Å². The summed E-state index contributed by atoms with van der Waals surface area (Å²) in [7, 11) is 3.12. The fourth-order valence-corrected chi connectivity index (χ4v) is 1.99. The van der Waals surface area contributed by atoms with Crippen LogP contribution in [0.1, 0.15) is 11.1 Å². The number of phenols is 1. The zero-order valence-electron chi connectivity index (χ0n) is 11.7. The molecule has 0 aliphatic carbocycles. The second-order valence-electron chi connectivity index (χ2n) is 4.35. The summed E-state index contributed by atoms with van der Waals surface area (Å²) < 4.78 is 10.4. The number of phenolic OH excluding ortho intramolecular Hbond substituents is 1. The van der Waals surface area contributed by atoms with E-state index in [9.17, 15) is 5.11 Å². The summed E-state index contributed by atoms with van der Waals surface area (Å²) in [6, 6.07) is 13.5. The molecule has 0 saturated carbocycles. The van der Waals surface area contributed by atoms with Crippen LogP contribution in [0, 0.1) is 0 Å². The van der Waals surface area contributed by atoms with Crippen molar-refractivity contribution in [1.29, 1.82) is 0 Å². The van der Waals surface area contributed by atoms with Crippen LogP contribution in [0.5, 0.6) is 17.2 Å². The van der Waals surface area contributed by atoms with Gasteiger partial charge in [0.15, 0.2) is 11.5 Å². The van der Waals surface area contributed by atoms with E-state index in [0.29, 0.717) is 17.9 Å². The van der Waals surface area contributed by atoms with Gasteiger partial charge in [-0.15, -0.1) is 0 Å². The Kier molecular flexibility index (Phi) is 4.66. The van der Waals surface area contributed by atoms with Gasteiger partial charge in [0.05, 0.1) is 14.2 Å². The third kappa shape index (κ3) is 3.32. The molecule has 2 aromatic carbocycles. The minimum absolute atomic E-state index is 0.0835. The van der Waals surface area contributed by atoms with Gasteiger partial charge in [-0.1, -0.05) is 42.5 Å². The maximum atomic E-state index is 9.73. The number of rotatable bonds is 5. The molecule has 0 unspecified atom stereocenters. The van der Waals surface area contributed by atoms with Crippen molar-refractivity contribution in [3.05, 3.63) is 59.7 Å². The zero-order valence-corrected chi connectivity index (χ0v) is 11.7. The number of benzene rings is 2. The van der Waals surface area contributed by atoms with Gasteiger partial charge in [-0.25, -0.2) is 0 Å². The van der Waals surface area contributed by atoms with Crippen LogP contribution >= 0.6 is 0 Å². The van der Waals surface area contributed by atoms with Gasteiger partial charge in [-0.3, -0.25) is 0 Å². The van der Waals surface area contributed by atoms with Crippen molar-refractivity contribution in [1.82, 2.24) is 0 Å². The fraction of sp³-hybridized carbons (Fsp3) is 0.176. The van der Waals surface area contributed by atoms with Crippen molar-refractivity contribution in [2.45, 2.75) is 6.42 Å². The zero-order chi connectivity index (χ0) is 14.4. The summed E-state index contributed by atoms with van der Waals surface area (Å²) in [5.41, 5.74) is 2.12. The Labute approximate surface area is 119 Å². The van der Waals surface area contributed by atoms with E-state index in [1.807, 2.05) is 30.3 Å². The molecule has 0 saturated heterocycles. The van der Waals surface area contributed by atoms with Crippen LogP contribution in [-0.2, 0) is 6.42 Å². The highest BCUT2D eigenvalue weighted by Gasteiger charge is 2.09. The normalized spacial score (nSPS) is 10.7. The number of aromatic hydroxyl groups is 1. The first-order valence-electron chi connectivity index (χ1n) is 6.40. The van der Waals surface area contributed by atoms with Gasteiger partial charge in [0.25, 0.3) is 0 Å². The van der Waals surface area contributed by atoms with Gasteiger partial charge in [0.1, 0.15) is 5.75 Å². The standard InChI is InChI=1S/C17H18O3/c1-19-16-12-15(18)17(20-2)11-14(16)10-6-9-13-7-4-3-5-8-13/h3-9,11-12,18H,10H2,1-2H3. The van der Waals surface area contributed by atoms with Gasteiger partial charge < -0.3 is 14.6 Å². The van der Waals surface area contributed by atoms with E-state index in [4.69, 9.17) is 9.47 Å². The van der Waals surface area contributed by atoms with Crippen LogP contribution < -0.4 is 9.47 Å². The number of ether oxygens (including phenoxy) is 2. The maximum Gasteiger partial charge on any atom is 0.161 e. The third-order valence-corrected chi connectivity index (χ3v) is 3.03. The fourth-order valence-electron chi connectivity index (χ4n) is 1.99. The Bertz CT molecular complexity index is 589. The molecule has 0 aromatic heterocycles. The molecule has 0 atom stereocenters. The molecule has 0 spiro atoms. The Morgan fingerprint density at radius 2 is 1.70 bits per heavy atom. The van der Waals surface area contributed by atoms with Gasteiger partial charge in [-0.05, 0) is 18.1 Å². The lowest BCUT2D eigenvalue weighted by Crippen LogP contribution is -1.93. The molecule has 1 N–H and O–H groups in total. The minimum atomic E-state index is 0.0835. The highest BCUT2D eigenvalue weighted by molar-refractivity contribution is 5.53. The second kappa shape index (κ2) is 6.66. The Hall–Kier alpha value is -2.42. The lowest BCUT2D eigenvalue weighted by molar-refractivity contribution is 0.364. The van der Waals surface area contributed by atoms with E-state index in [2.05, 4.69) is 12.2 Å². The molecule has 2 aromatic rings. The summed E-state index contributed by atoms with van der Waals surface area (Å²) in [4.78, 5) is 0. The Balaban J connectivity index is 2.18. The van der Waals surface area contributed by atoms with Crippen LogP contribution in [0.15, 0.2) is 48.5 Å². The van der Waals surface area contributed by atoms with Crippen LogP contribution in [0.4, 0.5) is 0 Å². The first-order valence-corrected chi connectivity index (χ1v) is 6.40. The predicted molar refractivity (Wildman–Crippen MR) is 80.4 cm³/mol. The molecule has 3 nitrogen and oxygen atoms in total. The summed E-state index contributed by atoms with van der Waals surface area (Å²) >= 11 is 0. The summed E-state index contributed by atoms with van der Waals surface area (Å²) in [6.45, 7) is 0. The van der Waals surface area contributed by atoms with Gasteiger partial charge in [-0.2, -0.15) is 0 Å². The van der Waals surface area contributed by atoms with E-state index < -0.39 is 0 Å². The summed E-state index contributed by atoms with van der Waals surface area (Å²) in [6.07, 6.45) is 4.82. The summed E-state index contributed by atoms with van der Waals surface area (Å²) in [5, 5.41) is 9.73. The van der Waals surface area contributed by atoms with Crippen LogP contribution in [0.2, 0.25) is 0 Å². The van der Waals surface area contributed by atoms with E-state index in [0.717, 1.165) is 11.1 Å². The molecule has 104 valence electrons. The van der Waals surface area contributed by atoms with Crippen molar-refractivity contribution in [3.63, 3.8) is 0 Å². The highest BCUT2D eigenvalue weighted by Crippen LogP contribution is 2.34.